The normalized spacial score (nSPS) is 10.6. The summed E-state index contributed by atoms with van der Waals surface area (Å²) < 4.78 is 5.34. The van der Waals surface area contributed by atoms with Crippen LogP contribution in [0.2, 0.25) is 0 Å². The van der Waals surface area contributed by atoms with Crippen LogP contribution in [0.15, 0.2) is 24.3 Å². The Morgan fingerprint density at radius 1 is 1.08 bits per heavy atom. The third-order valence-electron chi connectivity index (χ3n) is 3.21. The summed E-state index contributed by atoms with van der Waals surface area (Å²) in [6.45, 7) is 6.52. The van der Waals surface area contributed by atoms with Crippen LogP contribution in [0.3, 0.4) is 0 Å². The highest BCUT2D eigenvalue weighted by molar-refractivity contribution is 7.15. The van der Waals surface area contributed by atoms with Crippen LogP contribution >= 0.6 is 11.3 Å². The molecule has 1 aromatic heterocycles. The molecule has 0 radical (unpaired) electrons. The Kier molecular flexibility index (Phi) is 6.88. The van der Waals surface area contributed by atoms with Gasteiger partial charge in [0.2, 0.25) is 16.9 Å². The number of carbonyl (C=O) groups excluding carboxylic acids is 2. The molecule has 134 valence electrons. The Hall–Kier alpha value is -2.48. The van der Waals surface area contributed by atoms with Gasteiger partial charge in [0.1, 0.15) is 10.8 Å². The average molecular weight is 362 g/mol. The van der Waals surface area contributed by atoms with E-state index >= 15 is 0 Å². The maximum atomic E-state index is 11.9. The number of nitrogens with one attached hydrogen (secondary N) is 2. The van der Waals surface area contributed by atoms with Crippen LogP contribution in [-0.2, 0) is 9.59 Å². The first-order valence-electron chi connectivity index (χ1n) is 8.14. The Morgan fingerprint density at radius 2 is 1.72 bits per heavy atom. The monoisotopic (exact) mass is 362 g/mol. The topological polar surface area (TPSA) is 93.2 Å². The molecule has 8 heteroatoms. The number of ether oxygens (including phenoxy) is 1. The molecule has 0 fully saturated rings. The molecule has 0 aliphatic heterocycles. The fourth-order valence-electron chi connectivity index (χ4n) is 1.95. The van der Waals surface area contributed by atoms with Gasteiger partial charge < -0.3 is 15.4 Å². The summed E-state index contributed by atoms with van der Waals surface area (Å²) in [5.41, 5.74) is 0.666. The number of rotatable bonds is 8. The van der Waals surface area contributed by atoms with Crippen molar-refractivity contribution in [2.75, 3.05) is 17.2 Å². The lowest BCUT2D eigenvalue weighted by Crippen LogP contribution is -2.17. The smallest absolute Gasteiger partial charge is 0.226 e. The zero-order chi connectivity index (χ0) is 18.2. The molecule has 25 heavy (non-hydrogen) atoms. The first-order chi connectivity index (χ1) is 12.0. The molecule has 1 heterocycles. The number of nitrogens with zero attached hydrogens (tertiary/aromatic N) is 2. The van der Waals surface area contributed by atoms with E-state index < -0.39 is 0 Å². The summed E-state index contributed by atoms with van der Waals surface area (Å²) in [4.78, 5) is 23.8. The minimum absolute atomic E-state index is 0.0828. The maximum Gasteiger partial charge on any atom is 0.226 e. The van der Waals surface area contributed by atoms with Crippen LogP contribution in [0.4, 0.5) is 10.8 Å². The van der Waals surface area contributed by atoms with Gasteiger partial charge in [-0.3, -0.25) is 9.59 Å². The van der Waals surface area contributed by atoms with Crippen LogP contribution in [0.1, 0.15) is 44.5 Å². The minimum Gasteiger partial charge on any atom is -0.494 e. The number of amides is 2. The SMILES string of the molecule is CCOc1ccc(NC(=O)CCC(=O)Nc2nnc(C(C)C)s2)cc1. The van der Waals surface area contributed by atoms with Crippen molar-refractivity contribution in [3.8, 4) is 5.75 Å². The number of hydrogen-bond acceptors (Lipinski definition) is 6. The summed E-state index contributed by atoms with van der Waals surface area (Å²) in [6.07, 6.45) is 0.175. The zero-order valence-electron chi connectivity index (χ0n) is 14.5. The lowest BCUT2D eigenvalue weighted by molar-refractivity contribution is -0.121. The lowest BCUT2D eigenvalue weighted by Gasteiger charge is -2.07. The van der Waals surface area contributed by atoms with Crippen LogP contribution in [0, 0.1) is 0 Å². The molecule has 2 aromatic rings. The van der Waals surface area contributed by atoms with Crippen molar-refractivity contribution in [1.82, 2.24) is 10.2 Å². The van der Waals surface area contributed by atoms with Crippen LogP contribution in [0.25, 0.3) is 0 Å². The van der Waals surface area contributed by atoms with E-state index in [4.69, 9.17) is 4.74 Å². The molecule has 0 saturated carbocycles. The summed E-state index contributed by atoms with van der Waals surface area (Å²) >= 11 is 1.34. The molecule has 0 aliphatic carbocycles. The largest absolute Gasteiger partial charge is 0.494 e. The summed E-state index contributed by atoms with van der Waals surface area (Å²) in [5, 5.41) is 14.7. The molecule has 0 bridgehead atoms. The molecule has 2 rings (SSSR count). The van der Waals surface area contributed by atoms with Gasteiger partial charge in [0.25, 0.3) is 0 Å². The van der Waals surface area contributed by atoms with Crippen molar-refractivity contribution in [2.45, 2.75) is 39.5 Å². The summed E-state index contributed by atoms with van der Waals surface area (Å²) in [5.74, 6) is 0.536. The van der Waals surface area contributed by atoms with Crippen molar-refractivity contribution >= 4 is 34.0 Å². The first-order valence-corrected chi connectivity index (χ1v) is 8.95. The highest BCUT2D eigenvalue weighted by Crippen LogP contribution is 2.22. The summed E-state index contributed by atoms with van der Waals surface area (Å²) in [7, 11) is 0. The van der Waals surface area contributed by atoms with E-state index in [2.05, 4.69) is 20.8 Å². The van der Waals surface area contributed by atoms with E-state index in [1.807, 2.05) is 20.8 Å². The van der Waals surface area contributed by atoms with Gasteiger partial charge >= 0.3 is 0 Å². The first kappa shape index (κ1) is 18.9. The van der Waals surface area contributed by atoms with Crippen molar-refractivity contribution in [1.29, 1.82) is 0 Å². The molecule has 2 amide bonds. The minimum atomic E-state index is -0.256. The third kappa shape index (κ3) is 6.15. The molecular weight excluding hydrogens is 340 g/mol. The van der Waals surface area contributed by atoms with Gasteiger partial charge in [-0.05, 0) is 31.2 Å². The molecule has 0 aliphatic rings. The Morgan fingerprint density at radius 3 is 2.28 bits per heavy atom. The molecular formula is C17H22N4O3S. The molecule has 0 unspecified atom stereocenters. The average Bonchev–Trinajstić information content (AvgIpc) is 3.04. The van der Waals surface area contributed by atoms with Gasteiger partial charge in [0.15, 0.2) is 0 Å². The Balaban J connectivity index is 1.75. The molecule has 7 nitrogen and oxygen atoms in total. The zero-order valence-corrected chi connectivity index (χ0v) is 15.4. The van der Waals surface area contributed by atoms with Crippen LogP contribution < -0.4 is 15.4 Å². The van der Waals surface area contributed by atoms with Gasteiger partial charge in [-0.25, -0.2) is 0 Å². The second-order valence-corrected chi connectivity index (χ2v) is 6.66. The van der Waals surface area contributed by atoms with E-state index in [1.165, 1.54) is 11.3 Å². The quantitative estimate of drug-likeness (QED) is 0.750. The fourth-order valence-corrected chi connectivity index (χ4v) is 2.71. The highest BCUT2D eigenvalue weighted by atomic mass is 32.1. The van der Waals surface area contributed by atoms with E-state index in [0.29, 0.717) is 17.4 Å². The van der Waals surface area contributed by atoms with E-state index in [-0.39, 0.29) is 30.6 Å². The van der Waals surface area contributed by atoms with E-state index in [9.17, 15) is 9.59 Å². The van der Waals surface area contributed by atoms with Gasteiger partial charge in [-0.15, -0.1) is 10.2 Å². The standard InChI is InChI=1S/C17H22N4O3S/c1-4-24-13-7-5-12(6-8-13)18-14(22)9-10-15(23)19-17-21-20-16(25-17)11(2)3/h5-8,11H,4,9-10H2,1-3H3,(H,18,22)(H,19,21,23). The number of hydrogen-bond donors (Lipinski definition) is 2. The van der Waals surface area contributed by atoms with Gasteiger partial charge in [-0.2, -0.15) is 0 Å². The van der Waals surface area contributed by atoms with Crippen molar-refractivity contribution in [2.24, 2.45) is 0 Å². The molecule has 0 saturated heterocycles. The number of carbonyl (C=O) groups is 2. The summed E-state index contributed by atoms with van der Waals surface area (Å²) in [6, 6.07) is 7.09. The number of aromatic nitrogens is 2. The van der Waals surface area contributed by atoms with Gasteiger partial charge in [0, 0.05) is 24.4 Å². The predicted molar refractivity (Wildman–Crippen MR) is 98.1 cm³/mol. The van der Waals surface area contributed by atoms with Gasteiger partial charge in [0.05, 0.1) is 6.61 Å². The second-order valence-electron chi connectivity index (χ2n) is 5.65. The van der Waals surface area contributed by atoms with Crippen LogP contribution in [-0.4, -0.2) is 28.6 Å². The van der Waals surface area contributed by atoms with Crippen LogP contribution in [0.5, 0.6) is 5.75 Å². The third-order valence-corrected chi connectivity index (χ3v) is 4.35. The molecule has 0 atom stereocenters. The predicted octanol–water partition coefficient (Wildman–Crippen LogP) is 3.42. The van der Waals surface area contributed by atoms with Crippen molar-refractivity contribution < 1.29 is 14.3 Å². The van der Waals surface area contributed by atoms with E-state index in [0.717, 1.165) is 10.8 Å². The van der Waals surface area contributed by atoms with Crippen molar-refractivity contribution in [3.05, 3.63) is 29.3 Å². The molecule has 1 aromatic carbocycles. The van der Waals surface area contributed by atoms with Gasteiger partial charge in [-0.1, -0.05) is 25.2 Å². The number of benzene rings is 1. The van der Waals surface area contributed by atoms with Crippen molar-refractivity contribution in [3.63, 3.8) is 0 Å². The Labute approximate surface area is 150 Å². The molecule has 2 N–H and O–H groups in total. The Bertz CT molecular complexity index is 713. The number of anilines is 2. The van der Waals surface area contributed by atoms with E-state index in [1.54, 1.807) is 24.3 Å². The maximum absolute atomic E-state index is 11.9. The highest BCUT2D eigenvalue weighted by Gasteiger charge is 2.12. The lowest BCUT2D eigenvalue weighted by atomic mass is 10.2. The molecule has 0 spiro atoms. The second kappa shape index (κ2) is 9.12. The fraction of sp³-hybridized carbons (Fsp3) is 0.412.